The zero-order valence-electron chi connectivity index (χ0n) is 13.9. The Labute approximate surface area is 150 Å². The van der Waals surface area contributed by atoms with Crippen molar-refractivity contribution < 1.29 is 17.9 Å². The Morgan fingerprint density at radius 1 is 1.12 bits per heavy atom. The highest BCUT2D eigenvalue weighted by molar-refractivity contribution is 7.92. The van der Waals surface area contributed by atoms with E-state index in [2.05, 4.69) is 9.71 Å². The molecular weight excluding hydrogens is 360 g/mol. The molecule has 8 heteroatoms. The van der Waals surface area contributed by atoms with Crippen LogP contribution in [-0.4, -0.2) is 32.9 Å². The second kappa shape index (κ2) is 7.28. The molecule has 1 heterocycles. The Kier molecular flexibility index (Phi) is 5.10. The summed E-state index contributed by atoms with van der Waals surface area (Å²) < 4.78 is 38.5. The first-order valence-corrected chi connectivity index (χ1v) is 10.1. The fourth-order valence-electron chi connectivity index (χ4n) is 2.28. The number of hydrogen-bond donors (Lipinski definition) is 1. The molecular formula is C17H18N2O4S2. The van der Waals surface area contributed by atoms with Crippen LogP contribution in [0.25, 0.3) is 10.2 Å². The summed E-state index contributed by atoms with van der Waals surface area (Å²) >= 11 is 1.58. The lowest BCUT2D eigenvalue weighted by atomic mass is 10.3. The minimum atomic E-state index is -3.50. The van der Waals surface area contributed by atoms with Crippen LogP contribution in [0.1, 0.15) is 5.01 Å². The van der Waals surface area contributed by atoms with Gasteiger partial charge in [-0.1, -0.05) is 0 Å². The molecule has 132 valence electrons. The second-order valence-corrected chi connectivity index (χ2v) is 8.44. The molecule has 0 atom stereocenters. The molecule has 0 bridgehead atoms. The molecule has 0 saturated carbocycles. The van der Waals surface area contributed by atoms with Crippen molar-refractivity contribution in [3.8, 4) is 11.5 Å². The fraction of sp³-hybridized carbons (Fsp3) is 0.235. The van der Waals surface area contributed by atoms with E-state index in [1.807, 2.05) is 13.0 Å². The van der Waals surface area contributed by atoms with Crippen LogP contribution in [-0.2, 0) is 10.0 Å². The van der Waals surface area contributed by atoms with Crippen LogP contribution in [0.15, 0.2) is 42.5 Å². The topological polar surface area (TPSA) is 77.5 Å². The summed E-state index contributed by atoms with van der Waals surface area (Å²) in [5.74, 6) is 1.16. The molecule has 0 fully saturated rings. The number of ether oxygens (including phenoxy) is 2. The van der Waals surface area contributed by atoms with Gasteiger partial charge in [0, 0.05) is 0 Å². The number of rotatable bonds is 7. The van der Waals surface area contributed by atoms with E-state index in [0.29, 0.717) is 17.2 Å². The molecule has 0 unspecified atom stereocenters. The van der Waals surface area contributed by atoms with Gasteiger partial charge in [-0.05, 0) is 49.4 Å². The molecule has 2 aromatic carbocycles. The summed E-state index contributed by atoms with van der Waals surface area (Å²) in [6.07, 6.45) is 0. The number of methoxy groups -OCH3 is 1. The van der Waals surface area contributed by atoms with Crippen molar-refractivity contribution in [1.82, 2.24) is 4.98 Å². The van der Waals surface area contributed by atoms with Crippen LogP contribution in [0.3, 0.4) is 0 Å². The van der Waals surface area contributed by atoms with Gasteiger partial charge in [-0.25, -0.2) is 13.4 Å². The SMILES string of the molecule is COc1ccc(OCCS(=O)(=O)Nc2ccc3sc(C)nc3c2)cc1. The molecule has 6 nitrogen and oxygen atoms in total. The van der Waals surface area contributed by atoms with E-state index < -0.39 is 10.0 Å². The van der Waals surface area contributed by atoms with Crippen LogP contribution in [0.5, 0.6) is 11.5 Å². The lowest BCUT2D eigenvalue weighted by Crippen LogP contribution is -2.21. The highest BCUT2D eigenvalue weighted by Gasteiger charge is 2.12. The molecule has 0 radical (unpaired) electrons. The monoisotopic (exact) mass is 378 g/mol. The van der Waals surface area contributed by atoms with Gasteiger partial charge in [0.15, 0.2) is 0 Å². The van der Waals surface area contributed by atoms with Crippen molar-refractivity contribution in [2.45, 2.75) is 6.92 Å². The van der Waals surface area contributed by atoms with Gasteiger partial charge in [0.1, 0.15) is 23.9 Å². The molecule has 25 heavy (non-hydrogen) atoms. The zero-order valence-corrected chi connectivity index (χ0v) is 15.5. The number of thiazole rings is 1. The quantitative estimate of drug-likeness (QED) is 0.681. The Morgan fingerprint density at radius 3 is 2.56 bits per heavy atom. The number of aryl methyl sites for hydroxylation is 1. The maximum Gasteiger partial charge on any atom is 0.236 e. The van der Waals surface area contributed by atoms with Crippen molar-refractivity contribution in [1.29, 1.82) is 0 Å². The Morgan fingerprint density at radius 2 is 1.84 bits per heavy atom. The summed E-state index contributed by atoms with van der Waals surface area (Å²) in [6.45, 7) is 1.98. The van der Waals surface area contributed by atoms with Crippen molar-refractivity contribution in [2.75, 3.05) is 24.2 Å². The third-order valence-electron chi connectivity index (χ3n) is 3.45. The highest BCUT2D eigenvalue weighted by Crippen LogP contribution is 2.25. The Hall–Kier alpha value is -2.32. The minimum absolute atomic E-state index is 0.0553. The summed E-state index contributed by atoms with van der Waals surface area (Å²) in [6, 6.07) is 12.3. The molecule has 1 aromatic heterocycles. The maximum absolute atomic E-state index is 12.2. The first-order chi connectivity index (χ1) is 11.9. The van der Waals surface area contributed by atoms with E-state index in [9.17, 15) is 8.42 Å². The van der Waals surface area contributed by atoms with Gasteiger partial charge in [0.25, 0.3) is 0 Å². The molecule has 0 saturated heterocycles. The second-order valence-electron chi connectivity index (χ2n) is 5.36. The molecule has 3 rings (SSSR count). The fourth-order valence-corrected chi connectivity index (χ4v) is 3.98. The van der Waals surface area contributed by atoms with Gasteiger partial charge in [-0.2, -0.15) is 0 Å². The summed E-state index contributed by atoms with van der Waals surface area (Å²) in [5.41, 5.74) is 1.29. The third-order valence-corrected chi connectivity index (χ3v) is 5.65. The van der Waals surface area contributed by atoms with Crippen molar-refractivity contribution in [3.63, 3.8) is 0 Å². The zero-order chi connectivity index (χ0) is 17.9. The summed E-state index contributed by atoms with van der Waals surface area (Å²) in [4.78, 5) is 4.37. The van der Waals surface area contributed by atoms with Gasteiger partial charge in [-0.3, -0.25) is 4.72 Å². The predicted molar refractivity (Wildman–Crippen MR) is 100 cm³/mol. The Balaban J connectivity index is 1.58. The van der Waals surface area contributed by atoms with Crippen LogP contribution in [0.2, 0.25) is 0 Å². The number of benzene rings is 2. The molecule has 0 aliphatic heterocycles. The number of nitrogens with one attached hydrogen (secondary N) is 1. The Bertz CT molecular complexity index is 966. The first-order valence-electron chi connectivity index (χ1n) is 7.60. The number of sulfonamides is 1. The lowest BCUT2D eigenvalue weighted by molar-refractivity contribution is 0.340. The van der Waals surface area contributed by atoms with Gasteiger partial charge in [0.05, 0.1) is 28.0 Å². The third kappa shape index (κ3) is 4.61. The molecule has 0 spiro atoms. The number of hydrogen-bond acceptors (Lipinski definition) is 6. The van der Waals surface area contributed by atoms with Crippen molar-refractivity contribution in [3.05, 3.63) is 47.5 Å². The van der Waals surface area contributed by atoms with Crippen LogP contribution in [0, 0.1) is 6.92 Å². The smallest absolute Gasteiger partial charge is 0.236 e. The predicted octanol–water partition coefficient (Wildman–Crippen LogP) is 3.43. The van der Waals surface area contributed by atoms with Gasteiger partial charge < -0.3 is 9.47 Å². The summed E-state index contributed by atoms with van der Waals surface area (Å²) in [7, 11) is -1.92. The lowest BCUT2D eigenvalue weighted by Gasteiger charge is -2.10. The number of fused-ring (bicyclic) bond motifs is 1. The van der Waals surface area contributed by atoms with E-state index >= 15 is 0 Å². The van der Waals surface area contributed by atoms with E-state index in [0.717, 1.165) is 15.2 Å². The number of anilines is 1. The normalized spacial score (nSPS) is 11.4. The van der Waals surface area contributed by atoms with Crippen LogP contribution < -0.4 is 14.2 Å². The van der Waals surface area contributed by atoms with Gasteiger partial charge in [-0.15, -0.1) is 11.3 Å². The standard InChI is InChI=1S/C17H18N2O4S2/c1-12-18-16-11-13(3-8-17(16)24-12)19-25(20,21)10-9-23-15-6-4-14(22-2)5-7-15/h3-8,11,19H,9-10H2,1-2H3. The maximum atomic E-state index is 12.2. The molecule has 0 aliphatic carbocycles. The number of aromatic nitrogens is 1. The van der Waals surface area contributed by atoms with E-state index in [1.54, 1.807) is 54.8 Å². The highest BCUT2D eigenvalue weighted by atomic mass is 32.2. The molecule has 0 aliphatic rings. The number of nitrogens with zero attached hydrogens (tertiary/aromatic N) is 1. The van der Waals surface area contributed by atoms with Crippen LogP contribution >= 0.6 is 11.3 Å². The summed E-state index contributed by atoms with van der Waals surface area (Å²) in [5, 5.41) is 0.947. The van der Waals surface area contributed by atoms with Gasteiger partial charge in [0.2, 0.25) is 10.0 Å². The van der Waals surface area contributed by atoms with Crippen LogP contribution in [0.4, 0.5) is 5.69 Å². The molecule has 0 amide bonds. The van der Waals surface area contributed by atoms with E-state index in [-0.39, 0.29) is 12.4 Å². The molecule has 1 N–H and O–H groups in total. The average molecular weight is 378 g/mol. The largest absolute Gasteiger partial charge is 0.497 e. The van der Waals surface area contributed by atoms with Gasteiger partial charge >= 0.3 is 0 Å². The van der Waals surface area contributed by atoms with Crippen molar-refractivity contribution >= 4 is 37.3 Å². The van der Waals surface area contributed by atoms with E-state index in [1.165, 1.54) is 0 Å². The first kappa shape index (κ1) is 17.5. The van der Waals surface area contributed by atoms with Crippen molar-refractivity contribution in [2.24, 2.45) is 0 Å². The average Bonchev–Trinajstić information content (AvgIpc) is 2.94. The molecule has 3 aromatic rings. The minimum Gasteiger partial charge on any atom is -0.497 e. The van der Waals surface area contributed by atoms with E-state index in [4.69, 9.17) is 9.47 Å².